The fourth-order valence-corrected chi connectivity index (χ4v) is 7.27. The Morgan fingerprint density at radius 2 is 0.935 bits per heavy atom. The van der Waals surface area contributed by atoms with Crippen LogP contribution in [0.3, 0.4) is 0 Å². The van der Waals surface area contributed by atoms with Crippen LogP contribution in [0.2, 0.25) is 0 Å². The minimum absolute atomic E-state index is 0.0275. The molecule has 0 aliphatic heterocycles. The molecule has 2 N–H and O–H groups in total. The van der Waals surface area contributed by atoms with E-state index in [1.165, 1.54) is 62.5 Å². The first-order valence-corrected chi connectivity index (χ1v) is 18.1. The maximum Gasteiger partial charge on any atom is 0.119 e. The van der Waals surface area contributed by atoms with Crippen molar-refractivity contribution in [2.45, 2.75) is 123 Å². The molecule has 2 aliphatic rings. The van der Waals surface area contributed by atoms with Gasteiger partial charge in [0.05, 0.1) is 38.6 Å². The molecule has 0 aromatic heterocycles. The average Bonchev–Trinajstić information content (AvgIpc) is 3.09. The Hall–Kier alpha value is -2.12. The van der Waals surface area contributed by atoms with Crippen molar-refractivity contribution in [1.29, 1.82) is 0 Å². The van der Waals surface area contributed by atoms with Crippen LogP contribution >= 0.6 is 0 Å². The molecular formula is C40H64O6. The summed E-state index contributed by atoms with van der Waals surface area (Å²) in [6.45, 7) is 16.4. The molecule has 0 heterocycles. The van der Waals surface area contributed by atoms with Gasteiger partial charge >= 0.3 is 0 Å². The lowest BCUT2D eigenvalue weighted by atomic mass is 9.60. The summed E-state index contributed by atoms with van der Waals surface area (Å²) in [6.07, 6.45) is 13.1. The topological polar surface area (TPSA) is 77.4 Å². The second kappa shape index (κ2) is 19.6. The molecule has 0 amide bonds. The van der Waals surface area contributed by atoms with Crippen LogP contribution in [0.25, 0.3) is 0 Å². The van der Waals surface area contributed by atoms with Gasteiger partial charge in [-0.1, -0.05) is 65.8 Å². The van der Waals surface area contributed by atoms with Crippen LogP contribution in [0.5, 0.6) is 11.5 Å². The third kappa shape index (κ3) is 11.5. The molecule has 2 saturated carbocycles. The lowest BCUT2D eigenvalue weighted by Crippen LogP contribution is -2.39. The summed E-state index contributed by atoms with van der Waals surface area (Å²) in [5.41, 5.74) is 2.80. The smallest absolute Gasteiger partial charge is 0.119 e. The largest absolute Gasteiger partial charge is 0.494 e. The van der Waals surface area contributed by atoms with Gasteiger partial charge < -0.3 is 29.2 Å². The monoisotopic (exact) mass is 640 g/mol. The van der Waals surface area contributed by atoms with Crippen molar-refractivity contribution < 1.29 is 29.2 Å². The van der Waals surface area contributed by atoms with Crippen molar-refractivity contribution in [3.05, 3.63) is 59.7 Å². The highest BCUT2D eigenvalue weighted by atomic mass is 16.5. The highest BCUT2D eigenvalue weighted by molar-refractivity contribution is 5.41. The van der Waals surface area contributed by atoms with E-state index in [2.05, 4.69) is 65.8 Å². The van der Waals surface area contributed by atoms with E-state index in [0.717, 1.165) is 49.4 Å². The zero-order valence-corrected chi connectivity index (χ0v) is 29.8. The number of hydrogen-bond acceptors (Lipinski definition) is 6. The third-order valence-electron chi connectivity index (χ3n) is 10.4. The first kappa shape index (κ1) is 38.3. The zero-order chi connectivity index (χ0) is 33.4. The van der Waals surface area contributed by atoms with Crippen LogP contribution in [0.4, 0.5) is 0 Å². The summed E-state index contributed by atoms with van der Waals surface area (Å²) in [7, 11) is 0. The number of benzene rings is 2. The van der Waals surface area contributed by atoms with E-state index < -0.39 is 0 Å². The molecule has 0 bridgehead atoms. The molecule has 0 spiro atoms. The SMILES string of the molecule is CCCOC1CCC(C(C)(C)C2CCC(OCCO)CC2)CC1.CCCOc1ccc(C(C)(C)c2ccc(OCCO)cc2)cc1. The fourth-order valence-electron chi connectivity index (χ4n) is 7.27. The number of aliphatic hydroxyl groups excluding tert-OH is 2. The molecule has 6 nitrogen and oxygen atoms in total. The molecule has 0 atom stereocenters. The van der Waals surface area contributed by atoms with Gasteiger partial charge in [0, 0.05) is 12.0 Å². The predicted molar refractivity (Wildman–Crippen MR) is 188 cm³/mol. The molecule has 0 saturated heterocycles. The first-order valence-electron chi connectivity index (χ1n) is 18.1. The molecule has 2 aromatic rings. The minimum atomic E-state index is -0.0984. The van der Waals surface area contributed by atoms with Crippen LogP contribution in [0, 0.1) is 17.3 Å². The van der Waals surface area contributed by atoms with Gasteiger partial charge in [-0.3, -0.25) is 0 Å². The zero-order valence-electron chi connectivity index (χ0n) is 29.8. The Balaban J connectivity index is 0.000000250. The van der Waals surface area contributed by atoms with E-state index in [4.69, 9.17) is 29.2 Å². The molecule has 2 fully saturated rings. The Morgan fingerprint density at radius 1 is 0.543 bits per heavy atom. The molecule has 0 radical (unpaired) electrons. The molecule has 2 aromatic carbocycles. The van der Waals surface area contributed by atoms with Crippen LogP contribution in [-0.4, -0.2) is 62.1 Å². The Labute approximate surface area is 280 Å². The van der Waals surface area contributed by atoms with E-state index in [1.54, 1.807) is 0 Å². The first-order chi connectivity index (χ1) is 22.1. The summed E-state index contributed by atoms with van der Waals surface area (Å²) in [4.78, 5) is 0. The Kier molecular flexibility index (Phi) is 16.4. The van der Waals surface area contributed by atoms with Gasteiger partial charge in [-0.2, -0.15) is 0 Å². The predicted octanol–water partition coefficient (Wildman–Crippen LogP) is 8.74. The molecule has 4 rings (SSSR count). The van der Waals surface area contributed by atoms with Crippen molar-refractivity contribution in [3.8, 4) is 11.5 Å². The van der Waals surface area contributed by atoms with Gasteiger partial charge in [0.2, 0.25) is 0 Å². The molecule has 2 aliphatic carbocycles. The Bertz CT molecular complexity index is 980. The van der Waals surface area contributed by atoms with Crippen LogP contribution in [-0.2, 0) is 14.9 Å². The standard InChI is InChI=1S/C20H38O3.C20H26O3/c2*1-4-14-22-18-9-5-16(6-10-18)20(2,3)17-7-11-19(12-8-17)23-15-13-21/h16-19,21H,4-15H2,1-3H3;5-12,21H,4,13-15H2,1-3H3. The van der Waals surface area contributed by atoms with E-state index in [9.17, 15) is 0 Å². The summed E-state index contributed by atoms with van der Waals surface area (Å²) < 4.78 is 22.7. The van der Waals surface area contributed by atoms with Crippen molar-refractivity contribution in [2.75, 3.05) is 39.6 Å². The number of rotatable bonds is 16. The van der Waals surface area contributed by atoms with Gasteiger partial charge in [0.15, 0.2) is 0 Å². The van der Waals surface area contributed by atoms with Crippen LogP contribution in [0.1, 0.15) is 117 Å². The number of aliphatic hydroxyl groups is 2. The van der Waals surface area contributed by atoms with Gasteiger partial charge in [-0.25, -0.2) is 0 Å². The summed E-state index contributed by atoms with van der Waals surface area (Å²) >= 11 is 0. The van der Waals surface area contributed by atoms with Crippen molar-refractivity contribution in [3.63, 3.8) is 0 Å². The van der Waals surface area contributed by atoms with E-state index >= 15 is 0 Å². The maximum atomic E-state index is 8.89. The lowest BCUT2D eigenvalue weighted by molar-refractivity contribution is -0.0396. The van der Waals surface area contributed by atoms with Crippen molar-refractivity contribution in [1.82, 2.24) is 0 Å². The van der Waals surface area contributed by atoms with E-state index in [1.807, 2.05) is 24.3 Å². The Morgan fingerprint density at radius 3 is 1.33 bits per heavy atom. The maximum absolute atomic E-state index is 8.89. The van der Waals surface area contributed by atoms with Crippen LogP contribution < -0.4 is 9.47 Å². The minimum Gasteiger partial charge on any atom is -0.494 e. The summed E-state index contributed by atoms with van der Waals surface area (Å²) in [5, 5.41) is 17.7. The van der Waals surface area contributed by atoms with Gasteiger partial charge in [-0.05, 0) is 117 Å². The van der Waals surface area contributed by atoms with Crippen molar-refractivity contribution >= 4 is 0 Å². The summed E-state index contributed by atoms with van der Waals surface area (Å²) in [6, 6.07) is 16.4. The van der Waals surface area contributed by atoms with Gasteiger partial charge in [-0.15, -0.1) is 0 Å². The number of ether oxygens (including phenoxy) is 4. The van der Waals surface area contributed by atoms with E-state index in [0.29, 0.717) is 30.8 Å². The van der Waals surface area contributed by atoms with E-state index in [-0.39, 0.29) is 18.6 Å². The van der Waals surface area contributed by atoms with Crippen molar-refractivity contribution in [2.24, 2.45) is 17.3 Å². The quantitative estimate of drug-likeness (QED) is 0.191. The molecule has 0 unspecified atom stereocenters. The summed E-state index contributed by atoms with van der Waals surface area (Å²) in [5.74, 6) is 3.37. The third-order valence-corrected chi connectivity index (χ3v) is 10.4. The molecular weight excluding hydrogens is 576 g/mol. The fraction of sp³-hybridized carbons (Fsp3) is 0.700. The molecule has 260 valence electrons. The highest BCUT2D eigenvalue weighted by Crippen LogP contribution is 2.49. The molecule has 46 heavy (non-hydrogen) atoms. The van der Waals surface area contributed by atoms with Gasteiger partial charge in [0.25, 0.3) is 0 Å². The average molecular weight is 641 g/mol. The highest BCUT2D eigenvalue weighted by Gasteiger charge is 2.40. The lowest BCUT2D eigenvalue weighted by Gasteiger charge is -2.46. The van der Waals surface area contributed by atoms with Crippen LogP contribution in [0.15, 0.2) is 48.5 Å². The second-order valence-electron chi connectivity index (χ2n) is 14.3. The normalized spacial score (nSPS) is 22.1. The number of hydrogen-bond donors (Lipinski definition) is 2. The molecule has 6 heteroatoms. The second-order valence-corrected chi connectivity index (χ2v) is 14.3. The van der Waals surface area contributed by atoms with Gasteiger partial charge in [0.1, 0.15) is 18.1 Å².